The summed E-state index contributed by atoms with van der Waals surface area (Å²) in [6.45, 7) is 1.57. The first-order valence-corrected chi connectivity index (χ1v) is 4.50. The Hall–Kier alpha value is -0.840. The quantitative estimate of drug-likeness (QED) is 0.688. The number of nitrogens with zero attached hydrogens (tertiary/aromatic N) is 1. The van der Waals surface area contributed by atoms with Crippen LogP contribution >= 0.6 is 0 Å². The van der Waals surface area contributed by atoms with Crippen LogP contribution in [0.2, 0.25) is 0 Å². The summed E-state index contributed by atoms with van der Waals surface area (Å²) < 4.78 is 12.0. The van der Waals surface area contributed by atoms with Crippen LogP contribution in [0.15, 0.2) is 0 Å². The zero-order valence-electron chi connectivity index (χ0n) is 7.50. The summed E-state index contributed by atoms with van der Waals surface area (Å²) in [5.41, 5.74) is 0. The number of amides is 1. The van der Waals surface area contributed by atoms with Crippen molar-refractivity contribution in [3.05, 3.63) is 0 Å². The highest BCUT2D eigenvalue weighted by Crippen LogP contribution is 2.09. The maximum atomic E-state index is 12.0. The van der Waals surface area contributed by atoms with E-state index in [4.69, 9.17) is 5.11 Å². The van der Waals surface area contributed by atoms with Crippen molar-refractivity contribution in [3.63, 3.8) is 0 Å². The van der Waals surface area contributed by atoms with Crippen LogP contribution in [0.5, 0.6) is 0 Å². The molecule has 0 aliphatic carbocycles. The van der Waals surface area contributed by atoms with Crippen LogP contribution in [0.25, 0.3) is 0 Å². The maximum absolute atomic E-state index is 12.0. The second-order valence-corrected chi connectivity index (χ2v) is 3.28. The minimum absolute atomic E-state index is 0.0298. The van der Waals surface area contributed by atoms with Crippen molar-refractivity contribution >= 4 is 6.09 Å². The van der Waals surface area contributed by atoms with E-state index in [1.54, 1.807) is 0 Å². The normalized spacial score (nSPS) is 24.2. The molecule has 13 heavy (non-hydrogen) atoms. The molecule has 1 amide bonds. The first kappa shape index (κ1) is 10.2. The van der Waals surface area contributed by atoms with E-state index in [-0.39, 0.29) is 12.7 Å². The van der Waals surface area contributed by atoms with Crippen LogP contribution < -0.4 is 5.32 Å². The van der Waals surface area contributed by atoms with Crippen LogP contribution in [0.3, 0.4) is 0 Å². The average molecular weight is 190 g/mol. The molecular formula is C8H15FN2O2. The van der Waals surface area contributed by atoms with Gasteiger partial charge >= 0.3 is 6.09 Å². The Morgan fingerprint density at radius 1 is 1.69 bits per heavy atom. The fraction of sp³-hybridized carbons (Fsp3) is 0.875. The number of halogens is 1. The fourth-order valence-corrected chi connectivity index (χ4v) is 1.67. The van der Waals surface area contributed by atoms with E-state index in [1.165, 1.54) is 0 Å². The van der Waals surface area contributed by atoms with Crippen LogP contribution in [-0.4, -0.2) is 48.5 Å². The van der Waals surface area contributed by atoms with E-state index in [1.807, 2.05) is 4.90 Å². The number of hydrogen-bond acceptors (Lipinski definition) is 2. The van der Waals surface area contributed by atoms with Gasteiger partial charge in [-0.25, -0.2) is 9.18 Å². The summed E-state index contributed by atoms with van der Waals surface area (Å²) >= 11 is 0. The SMILES string of the molecule is O=C(O)NC1CCCN(CCF)C1. The predicted octanol–water partition coefficient (Wildman–Crippen LogP) is 0.688. The van der Waals surface area contributed by atoms with Gasteiger partial charge in [-0.05, 0) is 19.4 Å². The standard InChI is InChI=1S/C8H15FN2O2/c9-3-5-11-4-1-2-7(6-11)10-8(12)13/h7,10H,1-6H2,(H,12,13). The van der Waals surface area contributed by atoms with Gasteiger partial charge in [0.15, 0.2) is 0 Å². The van der Waals surface area contributed by atoms with Crippen molar-refractivity contribution in [2.45, 2.75) is 18.9 Å². The van der Waals surface area contributed by atoms with Gasteiger partial charge in [0, 0.05) is 19.1 Å². The van der Waals surface area contributed by atoms with E-state index in [9.17, 15) is 9.18 Å². The molecule has 0 saturated carbocycles. The number of piperidine rings is 1. The van der Waals surface area contributed by atoms with Gasteiger partial charge in [-0.2, -0.15) is 0 Å². The summed E-state index contributed by atoms with van der Waals surface area (Å²) in [6, 6.07) is -0.0298. The van der Waals surface area contributed by atoms with Crippen molar-refractivity contribution in [2.75, 3.05) is 26.3 Å². The van der Waals surface area contributed by atoms with Gasteiger partial charge in [-0.1, -0.05) is 0 Å². The van der Waals surface area contributed by atoms with Gasteiger partial charge in [0.1, 0.15) is 6.67 Å². The summed E-state index contributed by atoms with van der Waals surface area (Å²) in [7, 11) is 0. The van der Waals surface area contributed by atoms with E-state index < -0.39 is 6.09 Å². The van der Waals surface area contributed by atoms with E-state index in [0.717, 1.165) is 19.4 Å². The Morgan fingerprint density at radius 2 is 2.46 bits per heavy atom. The summed E-state index contributed by atoms with van der Waals surface area (Å²) in [5, 5.41) is 10.9. The molecule has 1 atom stereocenters. The van der Waals surface area contributed by atoms with Crippen LogP contribution in [0.4, 0.5) is 9.18 Å². The van der Waals surface area contributed by atoms with E-state index in [2.05, 4.69) is 5.32 Å². The van der Waals surface area contributed by atoms with Gasteiger partial charge < -0.3 is 10.4 Å². The van der Waals surface area contributed by atoms with Gasteiger partial charge in [0.2, 0.25) is 0 Å². The Balaban J connectivity index is 2.28. The molecule has 1 fully saturated rings. The molecule has 0 spiro atoms. The fourth-order valence-electron chi connectivity index (χ4n) is 1.67. The van der Waals surface area contributed by atoms with Crippen molar-refractivity contribution in [2.24, 2.45) is 0 Å². The molecule has 1 unspecified atom stereocenters. The molecule has 0 radical (unpaired) electrons. The minimum Gasteiger partial charge on any atom is -0.465 e. The molecule has 4 nitrogen and oxygen atoms in total. The molecule has 0 aromatic rings. The number of rotatable bonds is 3. The van der Waals surface area contributed by atoms with Gasteiger partial charge in [-0.3, -0.25) is 4.90 Å². The number of carboxylic acid groups (broad SMARTS) is 1. The monoisotopic (exact) mass is 190 g/mol. The third-order valence-electron chi connectivity index (χ3n) is 2.23. The molecular weight excluding hydrogens is 175 g/mol. The third-order valence-corrected chi connectivity index (χ3v) is 2.23. The first-order chi connectivity index (χ1) is 6.22. The first-order valence-electron chi connectivity index (χ1n) is 4.50. The number of nitrogens with one attached hydrogen (secondary N) is 1. The number of alkyl halides is 1. The summed E-state index contributed by atoms with van der Waals surface area (Å²) in [6.07, 6.45) is 0.798. The lowest BCUT2D eigenvalue weighted by molar-refractivity contribution is 0.158. The second-order valence-electron chi connectivity index (χ2n) is 3.28. The molecule has 0 aromatic heterocycles. The van der Waals surface area contributed by atoms with Gasteiger partial charge in [-0.15, -0.1) is 0 Å². The highest BCUT2D eigenvalue weighted by atomic mass is 19.1. The van der Waals surface area contributed by atoms with Crippen LogP contribution in [-0.2, 0) is 0 Å². The molecule has 2 N–H and O–H groups in total. The second kappa shape index (κ2) is 5.01. The lowest BCUT2D eigenvalue weighted by atomic mass is 10.1. The van der Waals surface area contributed by atoms with Gasteiger partial charge in [0.25, 0.3) is 0 Å². The van der Waals surface area contributed by atoms with Crippen LogP contribution in [0.1, 0.15) is 12.8 Å². The van der Waals surface area contributed by atoms with Gasteiger partial charge in [0.05, 0.1) is 0 Å². The lowest BCUT2D eigenvalue weighted by Gasteiger charge is -2.31. The average Bonchev–Trinajstić information content (AvgIpc) is 2.04. The highest BCUT2D eigenvalue weighted by molar-refractivity contribution is 5.64. The molecule has 1 heterocycles. The Morgan fingerprint density at radius 3 is 3.08 bits per heavy atom. The molecule has 0 bridgehead atoms. The van der Waals surface area contributed by atoms with Crippen molar-refractivity contribution in [1.29, 1.82) is 0 Å². The van der Waals surface area contributed by atoms with Crippen molar-refractivity contribution in [3.8, 4) is 0 Å². The molecule has 1 aliphatic heterocycles. The Kier molecular flexibility index (Phi) is 3.95. The molecule has 0 aromatic carbocycles. The smallest absolute Gasteiger partial charge is 0.404 e. The minimum atomic E-state index is -0.993. The third kappa shape index (κ3) is 3.59. The lowest BCUT2D eigenvalue weighted by Crippen LogP contribution is -2.47. The highest BCUT2D eigenvalue weighted by Gasteiger charge is 2.20. The molecule has 1 saturated heterocycles. The van der Waals surface area contributed by atoms with E-state index >= 15 is 0 Å². The summed E-state index contributed by atoms with van der Waals surface area (Å²) in [5.74, 6) is 0. The Labute approximate surface area is 76.7 Å². The van der Waals surface area contributed by atoms with Crippen LogP contribution in [0, 0.1) is 0 Å². The zero-order valence-corrected chi connectivity index (χ0v) is 7.50. The maximum Gasteiger partial charge on any atom is 0.404 e. The topological polar surface area (TPSA) is 52.6 Å². The molecule has 76 valence electrons. The number of hydrogen-bond donors (Lipinski definition) is 2. The summed E-state index contributed by atoms with van der Waals surface area (Å²) in [4.78, 5) is 12.3. The number of likely N-dealkylation sites (tertiary alicyclic amines) is 1. The number of carbonyl (C=O) groups is 1. The predicted molar refractivity (Wildman–Crippen MR) is 46.6 cm³/mol. The zero-order chi connectivity index (χ0) is 9.68. The van der Waals surface area contributed by atoms with Crippen molar-refractivity contribution in [1.82, 2.24) is 10.2 Å². The molecule has 5 heteroatoms. The molecule has 1 aliphatic rings. The largest absolute Gasteiger partial charge is 0.465 e. The van der Waals surface area contributed by atoms with E-state index in [0.29, 0.717) is 13.1 Å². The Bertz CT molecular complexity index is 176. The molecule has 1 rings (SSSR count). The van der Waals surface area contributed by atoms with Crippen molar-refractivity contribution < 1.29 is 14.3 Å².